The van der Waals surface area contributed by atoms with E-state index < -0.39 is 5.92 Å². The summed E-state index contributed by atoms with van der Waals surface area (Å²) in [5, 5.41) is 0. The van der Waals surface area contributed by atoms with Crippen LogP contribution in [0.5, 0.6) is 0 Å². The van der Waals surface area contributed by atoms with E-state index in [0.717, 1.165) is 6.42 Å². The molecule has 0 aromatic carbocycles. The summed E-state index contributed by atoms with van der Waals surface area (Å²) in [4.78, 5) is 0. The lowest BCUT2D eigenvalue weighted by Crippen LogP contribution is -2.24. The molecular formula is C9H14F2. The Morgan fingerprint density at radius 2 is 1.91 bits per heavy atom. The van der Waals surface area contributed by atoms with Crippen molar-refractivity contribution in [2.24, 2.45) is 5.92 Å². The average Bonchev–Trinajstić information content (AvgIpc) is 1.94. The van der Waals surface area contributed by atoms with E-state index in [1.54, 1.807) is 0 Å². The van der Waals surface area contributed by atoms with Gasteiger partial charge in [0.15, 0.2) is 0 Å². The van der Waals surface area contributed by atoms with Gasteiger partial charge in [0.25, 0.3) is 0 Å². The largest absolute Gasteiger partial charge is 0.248 e. The second-order valence-corrected chi connectivity index (χ2v) is 3.32. The molecule has 1 rings (SSSR count). The number of rotatable bonds is 2. The fourth-order valence-corrected chi connectivity index (χ4v) is 1.57. The fourth-order valence-electron chi connectivity index (χ4n) is 1.57. The molecule has 1 aliphatic carbocycles. The van der Waals surface area contributed by atoms with E-state index in [0.29, 0.717) is 18.8 Å². The zero-order valence-electron chi connectivity index (χ0n) is 6.65. The third kappa shape index (κ3) is 2.60. The molecule has 1 fully saturated rings. The molecule has 0 unspecified atom stereocenters. The molecule has 1 saturated carbocycles. The van der Waals surface area contributed by atoms with Gasteiger partial charge in [0.1, 0.15) is 0 Å². The van der Waals surface area contributed by atoms with Gasteiger partial charge in [-0.15, -0.1) is 6.58 Å². The van der Waals surface area contributed by atoms with Crippen LogP contribution in [0.15, 0.2) is 12.7 Å². The SMILES string of the molecule is C=CCC1CCC(F)(F)CC1. The Labute approximate surface area is 66.3 Å². The molecule has 0 heterocycles. The monoisotopic (exact) mass is 160 g/mol. The van der Waals surface area contributed by atoms with Gasteiger partial charge in [-0.25, -0.2) is 8.78 Å². The molecule has 0 N–H and O–H groups in total. The van der Waals surface area contributed by atoms with Crippen molar-refractivity contribution in [3.63, 3.8) is 0 Å². The zero-order valence-corrected chi connectivity index (χ0v) is 6.65. The van der Waals surface area contributed by atoms with Crippen LogP contribution in [0.3, 0.4) is 0 Å². The second kappa shape index (κ2) is 3.33. The second-order valence-electron chi connectivity index (χ2n) is 3.32. The first kappa shape index (κ1) is 8.69. The molecule has 0 aliphatic heterocycles. The maximum atomic E-state index is 12.6. The van der Waals surface area contributed by atoms with Crippen molar-refractivity contribution < 1.29 is 8.78 Å². The highest BCUT2D eigenvalue weighted by molar-refractivity contribution is 4.81. The van der Waals surface area contributed by atoms with Crippen molar-refractivity contribution in [2.75, 3.05) is 0 Å². The van der Waals surface area contributed by atoms with Crippen LogP contribution in [0.25, 0.3) is 0 Å². The summed E-state index contributed by atoms with van der Waals surface area (Å²) in [6, 6.07) is 0. The Balaban J connectivity index is 2.30. The van der Waals surface area contributed by atoms with Crippen molar-refractivity contribution in [3.05, 3.63) is 12.7 Å². The first-order valence-corrected chi connectivity index (χ1v) is 4.13. The van der Waals surface area contributed by atoms with E-state index in [2.05, 4.69) is 6.58 Å². The van der Waals surface area contributed by atoms with Crippen LogP contribution in [0.4, 0.5) is 8.78 Å². The molecule has 64 valence electrons. The van der Waals surface area contributed by atoms with Crippen molar-refractivity contribution in [1.29, 1.82) is 0 Å². The quantitative estimate of drug-likeness (QED) is 0.543. The van der Waals surface area contributed by atoms with E-state index in [9.17, 15) is 8.78 Å². The summed E-state index contributed by atoms with van der Waals surface area (Å²) < 4.78 is 25.2. The van der Waals surface area contributed by atoms with Crippen molar-refractivity contribution >= 4 is 0 Å². The lowest BCUT2D eigenvalue weighted by Gasteiger charge is -2.27. The van der Waals surface area contributed by atoms with E-state index in [4.69, 9.17) is 0 Å². The van der Waals surface area contributed by atoms with Crippen LogP contribution in [-0.2, 0) is 0 Å². The smallest absolute Gasteiger partial charge is 0.207 e. The van der Waals surface area contributed by atoms with Crippen LogP contribution in [0.2, 0.25) is 0 Å². The molecule has 0 bridgehead atoms. The van der Waals surface area contributed by atoms with Crippen molar-refractivity contribution in [2.45, 2.75) is 38.0 Å². The van der Waals surface area contributed by atoms with Gasteiger partial charge in [-0.05, 0) is 25.2 Å². The van der Waals surface area contributed by atoms with E-state index in [1.807, 2.05) is 6.08 Å². The van der Waals surface area contributed by atoms with E-state index in [-0.39, 0.29) is 12.8 Å². The lowest BCUT2D eigenvalue weighted by molar-refractivity contribution is -0.0453. The van der Waals surface area contributed by atoms with Crippen molar-refractivity contribution in [1.82, 2.24) is 0 Å². The molecule has 0 saturated heterocycles. The Morgan fingerprint density at radius 3 is 2.36 bits per heavy atom. The van der Waals surface area contributed by atoms with Gasteiger partial charge in [0.2, 0.25) is 5.92 Å². The van der Waals surface area contributed by atoms with Crippen LogP contribution in [0.1, 0.15) is 32.1 Å². The minimum atomic E-state index is -2.38. The minimum Gasteiger partial charge on any atom is -0.207 e. The highest BCUT2D eigenvalue weighted by Crippen LogP contribution is 2.37. The van der Waals surface area contributed by atoms with Gasteiger partial charge in [-0.3, -0.25) is 0 Å². The molecule has 0 radical (unpaired) electrons. The molecule has 0 amide bonds. The van der Waals surface area contributed by atoms with Gasteiger partial charge in [0, 0.05) is 12.8 Å². The standard InChI is InChI=1S/C9H14F2/c1-2-3-8-4-6-9(10,11)7-5-8/h2,8H,1,3-7H2. The highest BCUT2D eigenvalue weighted by atomic mass is 19.3. The number of hydrogen-bond acceptors (Lipinski definition) is 0. The normalized spacial score (nSPS) is 24.9. The minimum absolute atomic E-state index is 0.0749. The summed E-state index contributed by atoms with van der Waals surface area (Å²) in [6.45, 7) is 3.60. The number of hydrogen-bond donors (Lipinski definition) is 0. The molecule has 0 nitrogen and oxygen atoms in total. The maximum absolute atomic E-state index is 12.6. The Morgan fingerprint density at radius 1 is 1.36 bits per heavy atom. The Kier molecular flexibility index (Phi) is 2.63. The number of alkyl halides is 2. The topological polar surface area (TPSA) is 0 Å². The molecular weight excluding hydrogens is 146 g/mol. The van der Waals surface area contributed by atoms with E-state index in [1.165, 1.54) is 0 Å². The Hall–Kier alpha value is -0.400. The lowest BCUT2D eigenvalue weighted by atomic mass is 9.85. The number of allylic oxidation sites excluding steroid dienone is 1. The zero-order chi connectivity index (χ0) is 8.32. The summed E-state index contributed by atoms with van der Waals surface area (Å²) in [7, 11) is 0. The van der Waals surface area contributed by atoms with Crippen LogP contribution in [0, 0.1) is 5.92 Å². The van der Waals surface area contributed by atoms with Gasteiger partial charge < -0.3 is 0 Å². The van der Waals surface area contributed by atoms with Gasteiger partial charge >= 0.3 is 0 Å². The van der Waals surface area contributed by atoms with Crippen LogP contribution < -0.4 is 0 Å². The first-order valence-electron chi connectivity index (χ1n) is 4.13. The summed E-state index contributed by atoms with van der Waals surface area (Å²) in [6.07, 6.45) is 4.21. The third-order valence-electron chi connectivity index (χ3n) is 2.34. The fraction of sp³-hybridized carbons (Fsp3) is 0.778. The Bertz CT molecular complexity index is 130. The van der Waals surface area contributed by atoms with Crippen molar-refractivity contribution in [3.8, 4) is 0 Å². The first-order chi connectivity index (χ1) is 5.14. The van der Waals surface area contributed by atoms with Gasteiger partial charge in [-0.2, -0.15) is 0 Å². The summed E-state index contributed by atoms with van der Waals surface area (Å²) in [5.74, 6) is -1.91. The predicted molar refractivity (Wildman–Crippen MR) is 41.7 cm³/mol. The van der Waals surface area contributed by atoms with Crippen LogP contribution in [-0.4, -0.2) is 5.92 Å². The molecule has 0 atom stereocenters. The molecule has 0 spiro atoms. The summed E-state index contributed by atoms with van der Waals surface area (Å²) in [5.41, 5.74) is 0. The molecule has 0 aromatic rings. The number of halogens is 2. The molecule has 1 aliphatic rings. The predicted octanol–water partition coefficient (Wildman–Crippen LogP) is 3.39. The van der Waals surface area contributed by atoms with Crippen LogP contribution >= 0.6 is 0 Å². The third-order valence-corrected chi connectivity index (χ3v) is 2.34. The maximum Gasteiger partial charge on any atom is 0.248 e. The molecule has 2 heteroatoms. The van der Waals surface area contributed by atoms with Gasteiger partial charge in [0.05, 0.1) is 0 Å². The molecule has 11 heavy (non-hydrogen) atoms. The highest BCUT2D eigenvalue weighted by Gasteiger charge is 2.34. The molecule has 0 aromatic heterocycles. The average molecular weight is 160 g/mol. The summed E-state index contributed by atoms with van der Waals surface area (Å²) >= 11 is 0. The van der Waals surface area contributed by atoms with Gasteiger partial charge in [-0.1, -0.05) is 6.08 Å². The van der Waals surface area contributed by atoms with E-state index >= 15 is 0 Å².